The van der Waals surface area contributed by atoms with Gasteiger partial charge >= 0.3 is 5.97 Å². The Labute approximate surface area is 191 Å². The van der Waals surface area contributed by atoms with Crippen molar-refractivity contribution in [3.05, 3.63) is 77.9 Å². The highest BCUT2D eigenvalue weighted by Crippen LogP contribution is 2.21. The third-order valence-electron chi connectivity index (χ3n) is 5.38. The summed E-state index contributed by atoms with van der Waals surface area (Å²) in [6, 6.07) is 19.6. The Morgan fingerprint density at radius 1 is 0.970 bits per heavy atom. The fraction of sp³-hybridized carbons (Fsp3) is 0.200. The second kappa shape index (κ2) is 10.4. The first kappa shape index (κ1) is 23.5. The number of nitrogen functional groups attached to an aromatic ring is 1. The second-order valence-electron chi connectivity index (χ2n) is 7.80. The zero-order valence-corrected chi connectivity index (χ0v) is 18.2. The number of carboxylic acid groups (broad SMARTS) is 1. The van der Waals surface area contributed by atoms with Gasteiger partial charge in [-0.1, -0.05) is 36.4 Å². The number of carbonyl (C=O) groups is 3. The number of hydrogen-bond acceptors (Lipinski definition) is 4. The molecule has 8 nitrogen and oxygen atoms in total. The molecule has 8 heteroatoms. The molecule has 0 saturated carbocycles. The summed E-state index contributed by atoms with van der Waals surface area (Å²) in [6.45, 7) is 1.81. The molecule has 0 saturated heterocycles. The number of nitrogens with one attached hydrogen (secondary N) is 3. The Morgan fingerprint density at radius 2 is 1.64 bits per heavy atom. The fourth-order valence-electron chi connectivity index (χ4n) is 3.49. The summed E-state index contributed by atoms with van der Waals surface area (Å²) in [4.78, 5) is 36.9. The van der Waals surface area contributed by atoms with Crippen molar-refractivity contribution in [1.82, 2.24) is 5.32 Å². The molecule has 0 aliphatic rings. The van der Waals surface area contributed by atoms with E-state index in [-0.39, 0.29) is 24.7 Å². The van der Waals surface area contributed by atoms with Crippen LogP contribution in [0.2, 0.25) is 0 Å². The van der Waals surface area contributed by atoms with E-state index in [1.54, 1.807) is 24.3 Å². The number of nitrogens with two attached hydrogens (primary N) is 1. The van der Waals surface area contributed by atoms with Gasteiger partial charge in [0.15, 0.2) is 0 Å². The van der Waals surface area contributed by atoms with E-state index in [9.17, 15) is 14.4 Å². The molecule has 3 aromatic rings. The fourth-order valence-corrected chi connectivity index (χ4v) is 3.49. The maximum Gasteiger partial charge on any atom is 0.303 e. The molecule has 0 radical (unpaired) electrons. The first-order valence-corrected chi connectivity index (χ1v) is 10.5. The lowest BCUT2D eigenvalue weighted by Crippen LogP contribution is -2.39. The van der Waals surface area contributed by atoms with Crippen molar-refractivity contribution in [2.45, 2.75) is 25.8 Å². The van der Waals surface area contributed by atoms with Crippen LogP contribution in [0.15, 0.2) is 66.7 Å². The number of benzene rings is 3. The van der Waals surface area contributed by atoms with Crippen molar-refractivity contribution in [3.63, 3.8) is 0 Å². The van der Waals surface area contributed by atoms with Crippen molar-refractivity contribution in [2.75, 3.05) is 5.32 Å². The van der Waals surface area contributed by atoms with Gasteiger partial charge in [0, 0.05) is 17.7 Å². The molecule has 0 aromatic heterocycles. The first-order chi connectivity index (χ1) is 15.7. The molecule has 0 aliphatic carbocycles. The maximum absolute atomic E-state index is 13.0. The molecule has 3 aromatic carbocycles. The monoisotopic (exact) mass is 446 g/mol. The van der Waals surface area contributed by atoms with E-state index >= 15 is 0 Å². The predicted octanol–water partition coefficient (Wildman–Crippen LogP) is 3.42. The minimum absolute atomic E-state index is 0.103. The van der Waals surface area contributed by atoms with Gasteiger partial charge < -0.3 is 21.5 Å². The molecule has 3 rings (SSSR count). The van der Waals surface area contributed by atoms with Gasteiger partial charge in [0.25, 0.3) is 0 Å². The highest BCUT2D eigenvalue weighted by molar-refractivity contribution is 6.07. The Hall–Kier alpha value is -4.20. The summed E-state index contributed by atoms with van der Waals surface area (Å²) < 4.78 is 0. The Bertz CT molecular complexity index is 1190. The van der Waals surface area contributed by atoms with Crippen LogP contribution < -0.4 is 16.4 Å². The van der Waals surface area contributed by atoms with E-state index in [1.165, 1.54) is 0 Å². The molecule has 0 bridgehead atoms. The summed E-state index contributed by atoms with van der Waals surface area (Å²) in [5.41, 5.74) is 7.22. The van der Waals surface area contributed by atoms with Gasteiger partial charge in [-0.2, -0.15) is 0 Å². The van der Waals surface area contributed by atoms with E-state index in [0.29, 0.717) is 11.3 Å². The highest BCUT2D eigenvalue weighted by Gasteiger charge is 2.28. The third-order valence-corrected chi connectivity index (χ3v) is 5.38. The Balaban J connectivity index is 1.73. The molecule has 2 atom stereocenters. The van der Waals surface area contributed by atoms with Gasteiger partial charge in [-0.3, -0.25) is 19.8 Å². The molecular formula is C25H26N4O4. The van der Waals surface area contributed by atoms with Crippen LogP contribution in [-0.4, -0.2) is 28.7 Å². The molecule has 1 unspecified atom stereocenters. The molecule has 170 valence electrons. The van der Waals surface area contributed by atoms with Crippen LogP contribution >= 0.6 is 0 Å². The van der Waals surface area contributed by atoms with Crippen LogP contribution in [0.3, 0.4) is 0 Å². The number of aliphatic carboxylic acids is 1. The van der Waals surface area contributed by atoms with Crippen molar-refractivity contribution < 1.29 is 19.5 Å². The van der Waals surface area contributed by atoms with Crippen LogP contribution in [0.1, 0.15) is 36.9 Å². The number of fused-ring (bicyclic) bond motifs is 1. The normalized spacial score (nSPS) is 12.5. The van der Waals surface area contributed by atoms with Crippen LogP contribution in [-0.2, 0) is 14.4 Å². The van der Waals surface area contributed by atoms with Crippen LogP contribution in [0.4, 0.5) is 5.69 Å². The largest absolute Gasteiger partial charge is 0.481 e. The number of rotatable bonds is 9. The Kier molecular flexibility index (Phi) is 7.40. The third kappa shape index (κ3) is 6.16. The number of carboxylic acids is 1. The average Bonchev–Trinajstić information content (AvgIpc) is 2.79. The van der Waals surface area contributed by atoms with Gasteiger partial charge in [-0.05, 0) is 60.0 Å². The topological polar surface area (TPSA) is 145 Å². The molecule has 2 amide bonds. The molecule has 0 aliphatic heterocycles. The molecular weight excluding hydrogens is 420 g/mol. The minimum atomic E-state index is -1.18. The number of carbonyl (C=O) groups excluding carboxylic acids is 2. The van der Waals surface area contributed by atoms with Crippen LogP contribution in [0, 0.1) is 11.3 Å². The SMILES string of the molecule is C[C@H](NC(=O)C(CCC(=O)O)C(=O)Nc1ccc(C(=N)N)cc1)c1ccc2ccccc2c1. The second-order valence-corrected chi connectivity index (χ2v) is 7.80. The summed E-state index contributed by atoms with van der Waals surface area (Å²) in [7, 11) is 0. The smallest absolute Gasteiger partial charge is 0.303 e. The van der Waals surface area contributed by atoms with Crippen molar-refractivity contribution in [1.29, 1.82) is 5.41 Å². The number of amides is 2. The number of anilines is 1. The van der Waals surface area contributed by atoms with Gasteiger partial charge in [-0.15, -0.1) is 0 Å². The number of amidine groups is 1. The standard InChI is InChI=1S/C25H26N4O4/c1-15(18-7-6-16-4-2-3-5-19(16)14-18)28-24(32)21(12-13-22(30)31)25(33)29-20-10-8-17(9-11-20)23(26)27/h2-11,14-15,21H,12-13H2,1H3,(H3,26,27)(H,28,32)(H,29,33)(H,30,31)/t15-,21?/m0/s1. The Morgan fingerprint density at radius 3 is 2.27 bits per heavy atom. The average molecular weight is 447 g/mol. The van der Waals surface area contributed by atoms with Gasteiger partial charge in [-0.25, -0.2) is 0 Å². The highest BCUT2D eigenvalue weighted by atomic mass is 16.4. The van der Waals surface area contributed by atoms with Gasteiger partial charge in [0.05, 0.1) is 6.04 Å². The number of hydrogen-bond donors (Lipinski definition) is 5. The molecule has 6 N–H and O–H groups in total. The molecule has 0 heterocycles. The summed E-state index contributed by atoms with van der Waals surface area (Å²) >= 11 is 0. The van der Waals surface area contributed by atoms with E-state index in [1.807, 2.05) is 49.4 Å². The summed E-state index contributed by atoms with van der Waals surface area (Å²) in [5, 5.41) is 24.1. The van der Waals surface area contributed by atoms with Gasteiger partial charge in [0.1, 0.15) is 11.8 Å². The van der Waals surface area contributed by atoms with Crippen LogP contribution in [0.25, 0.3) is 10.8 Å². The maximum atomic E-state index is 13.0. The lowest BCUT2D eigenvalue weighted by atomic mass is 9.98. The molecule has 33 heavy (non-hydrogen) atoms. The molecule has 0 spiro atoms. The van der Waals surface area contributed by atoms with Crippen molar-refractivity contribution >= 4 is 40.1 Å². The van der Waals surface area contributed by atoms with E-state index in [0.717, 1.165) is 16.3 Å². The lowest BCUT2D eigenvalue weighted by Gasteiger charge is -2.20. The lowest BCUT2D eigenvalue weighted by molar-refractivity contribution is -0.138. The van der Waals surface area contributed by atoms with Crippen molar-refractivity contribution in [3.8, 4) is 0 Å². The zero-order chi connectivity index (χ0) is 24.0. The summed E-state index contributed by atoms with van der Waals surface area (Å²) in [6.07, 6.45) is -0.456. The van der Waals surface area contributed by atoms with E-state index in [4.69, 9.17) is 16.2 Å². The summed E-state index contributed by atoms with van der Waals surface area (Å²) in [5.74, 6) is -3.52. The first-order valence-electron chi connectivity index (χ1n) is 10.5. The zero-order valence-electron chi connectivity index (χ0n) is 18.2. The molecule has 0 fully saturated rings. The van der Waals surface area contributed by atoms with Gasteiger partial charge in [0.2, 0.25) is 11.8 Å². The van der Waals surface area contributed by atoms with E-state index < -0.39 is 23.7 Å². The predicted molar refractivity (Wildman–Crippen MR) is 127 cm³/mol. The quantitative estimate of drug-likeness (QED) is 0.194. The minimum Gasteiger partial charge on any atom is -0.481 e. The van der Waals surface area contributed by atoms with Crippen molar-refractivity contribution in [2.24, 2.45) is 11.7 Å². The van der Waals surface area contributed by atoms with Crippen LogP contribution in [0.5, 0.6) is 0 Å². The van der Waals surface area contributed by atoms with E-state index in [2.05, 4.69) is 10.6 Å².